The summed E-state index contributed by atoms with van der Waals surface area (Å²) >= 11 is 6.24. The van der Waals surface area contributed by atoms with E-state index in [1.165, 1.54) is 27.4 Å². The van der Waals surface area contributed by atoms with Crippen LogP contribution in [0.15, 0.2) is 54.6 Å². The van der Waals surface area contributed by atoms with Gasteiger partial charge in [-0.25, -0.2) is 4.98 Å². The summed E-state index contributed by atoms with van der Waals surface area (Å²) in [5.74, 6) is -0.133. The highest BCUT2D eigenvalue weighted by Gasteiger charge is 2.23. The minimum atomic E-state index is -1.08. The average Bonchev–Trinajstić information content (AvgIpc) is 2.82. The molecule has 0 aliphatic carbocycles. The highest BCUT2D eigenvalue weighted by atomic mass is 35.5. The summed E-state index contributed by atoms with van der Waals surface area (Å²) in [5, 5.41) is 12.4. The van der Waals surface area contributed by atoms with Crippen molar-refractivity contribution in [1.82, 2.24) is 10.3 Å². The molecule has 0 fully saturated rings. The number of benzene rings is 2. The van der Waals surface area contributed by atoms with Gasteiger partial charge >= 0.3 is 5.97 Å². The number of nitrogens with one attached hydrogen (secondary N) is 1. The number of aromatic nitrogens is 1. The van der Waals surface area contributed by atoms with Crippen LogP contribution in [-0.2, 0) is 4.79 Å². The molecule has 9 heteroatoms. The molecule has 1 amide bonds. The third kappa shape index (κ3) is 5.53. The van der Waals surface area contributed by atoms with E-state index in [1.807, 2.05) is 0 Å². The van der Waals surface area contributed by atoms with Crippen molar-refractivity contribution in [2.24, 2.45) is 0 Å². The molecule has 0 spiro atoms. The maximum absolute atomic E-state index is 13.1. The zero-order chi connectivity index (χ0) is 24.0. The van der Waals surface area contributed by atoms with E-state index in [4.69, 9.17) is 25.8 Å². The molecule has 0 unspecified atom stereocenters. The third-order valence-corrected chi connectivity index (χ3v) is 5.28. The monoisotopic (exact) mass is 470 g/mol. The molecular weight excluding hydrogens is 448 g/mol. The molecule has 0 bridgehead atoms. The van der Waals surface area contributed by atoms with Crippen LogP contribution in [0.5, 0.6) is 17.2 Å². The van der Waals surface area contributed by atoms with Crippen LogP contribution < -0.4 is 19.5 Å². The molecule has 8 nitrogen and oxygen atoms in total. The number of aliphatic carboxylic acids is 1. The number of hydrogen-bond acceptors (Lipinski definition) is 6. The van der Waals surface area contributed by atoms with Crippen molar-refractivity contribution < 1.29 is 28.9 Å². The first-order valence-electron chi connectivity index (χ1n) is 9.92. The number of hydrogen-bond donors (Lipinski definition) is 2. The van der Waals surface area contributed by atoms with Crippen LogP contribution in [0.3, 0.4) is 0 Å². The fourth-order valence-electron chi connectivity index (χ4n) is 3.33. The van der Waals surface area contributed by atoms with Gasteiger partial charge in [0.2, 0.25) is 0 Å². The van der Waals surface area contributed by atoms with Crippen molar-refractivity contribution in [3.05, 3.63) is 70.9 Å². The molecule has 0 radical (unpaired) electrons. The summed E-state index contributed by atoms with van der Waals surface area (Å²) in [6.07, 6.45) is -0.345. The van der Waals surface area contributed by atoms with Gasteiger partial charge in [0.1, 0.15) is 28.6 Å². The van der Waals surface area contributed by atoms with E-state index < -0.39 is 17.9 Å². The summed E-state index contributed by atoms with van der Waals surface area (Å²) in [5.41, 5.74) is 1.50. The van der Waals surface area contributed by atoms with E-state index in [0.717, 1.165) is 0 Å². The number of methoxy groups -OCH3 is 3. The number of nitrogens with zero attached hydrogens (tertiary/aromatic N) is 1. The fourth-order valence-corrected chi connectivity index (χ4v) is 3.60. The molecule has 0 aliphatic heterocycles. The lowest BCUT2D eigenvalue weighted by atomic mass is 10.0. The van der Waals surface area contributed by atoms with Crippen LogP contribution >= 0.6 is 11.6 Å². The Morgan fingerprint density at radius 1 is 1.00 bits per heavy atom. The Hall–Kier alpha value is -3.78. The number of carboxylic acids is 1. The second-order valence-corrected chi connectivity index (χ2v) is 7.37. The molecule has 1 aromatic heterocycles. The van der Waals surface area contributed by atoms with Gasteiger partial charge in [-0.15, -0.1) is 0 Å². The van der Waals surface area contributed by atoms with Gasteiger partial charge in [-0.05, 0) is 42.0 Å². The van der Waals surface area contributed by atoms with E-state index in [2.05, 4.69) is 10.3 Å². The predicted octanol–water partition coefficient (Wildman–Crippen LogP) is 4.37. The minimum absolute atomic E-state index is 0.0677. The van der Waals surface area contributed by atoms with Gasteiger partial charge in [-0.1, -0.05) is 29.8 Å². The maximum atomic E-state index is 13.1. The van der Waals surface area contributed by atoms with E-state index in [1.54, 1.807) is 48.5 Å². The molecular formula is C24H23ClN2O6. The molecule has 0 aliphatic rings. The Bertz CT molecular complexity index is 1170. The molecule has 172 valence electrons. The zero-order valence-corrected chi connectivity index (χ0v) is 19.1. The predicted molar refractivity (Wildman–Crippen MR) is 123 cm³/mol. The second-order valence-electron chi connectivity index (χ2n) is 6.96. The largest absolute Gasteiger partial charge is 0.497 e. The van der Waals surface area contributed by atoms with Gasteiger partial charge < -0.3 is 24.6 Å². The molecule has 0 saturated carbocycles. The topological polar surface area (TPSA) is 107 Å². The fraction of sp³-hybridized carbons (Fsp3) is 0.208. The molecule has 1 atom stereocenters. The van der Waals surface area contributed by atoms with Gasteiger partial charge in [0.05, 0.1) is 33.8 Å². The number of carbonyl (C=O) groups is 2. The number of carboxylic acid groups (broad SMARTS) is 1. The van der Waals surface area contributed by atoms with Gasteiger partial charge in [0.15, 0.2) is 0 Å². The Morgan fingerprint density at radius 2 is 1.70 bits per heavy atom. The Labute approximate surface area is 196 Å². The Balaban J connectivity index is 2.01. The summed E-state index contributed by atoms with van der Waals surface area (Å²) < 4.78 is 16.2. The standard InChI is InChI=1S/C24H23ClN2O6/c1-31-14-8-10-20(32-2)16(12-14)23-21(33-3)11-9-18(26-23)24(30)27-19(13-22(28)29)15-6-4-5-7-17(15)25/h4-12,19H,13H2,1-3H3,(H,27,30)(H,28,29)/t19-/m0/s1. The van der Waals surface area contributed by atoms with Gasteiger partial charge in [-0.2, -0.15) is 0 Å². The lowest BCUT2D eigenvalue weighted by Gasteiger charge is -2.19. The van der Waals surface area contributed by atoms with Crippen LogP contribution in [0.2, 0.25) is 5.02 Å². The van der Waals surface area contributed by atoms with Crippen molar-refractivity contribution in [1.29, 1.82) is 0 Å². The van der Waals surface area contributed by atoms with Crippen molar-refractivity contribution >= 4 is 23.5 Å². The number of ether oxygens (including phenoxy) is 3. The summed E-state index contributed by atoms with van der Waals surface area (Å²) in [6.45, 7) is 0. The smallest absolute Gasteiger partial charge is 0.305 e. The van der Waals surface area contributed by atoms with Gasteiger partial charge in [0.25, 0.3) is 5.91 Å². The second kappa shape index (κ2) is 10.7. The van der Waals surface area contributed by atoms with E-state index in [0.29, 0.717) is 39.1 Å². The number of amides is 1. The molecule has 0 saturated heterocycles. The first-order chi connectivity index (χ1) is 15.9. The zero-order valence-electron chi connectivity index (χ0n) is 18.3. The third-order valence-electron chi connectivity index (χ3n) is 4.94. The maximum Gasteiger partial charge on any atom is 0.305 e. The summed E-state index contributed by atoms with van der Waals surface area (Å²) in [4.78, 5) is 29.0. The number of halogens is 1. The van der Waals surface area contributed by atoms with Crippen molar-refractivity contribution in [3.8, 4) is 28.5 Å². The van der Waals surface area contributed by atoms with E-state index in [9.17, 15) is 14.7 Å². The van der Waals surface area contributed by atoms with Crippen molar-refractivity contribution in [3.63, 3.8) is 0 Å². The van der Waals surface area contributed by atoms with Crippen LogP contribution in [0.1, 0.15) is 28.5 Å². The number of pyridine rings is 1. The summed E-state index contributed by atoms with van der Waals surface area (Å²) in [6, 6.07) is 14.2. The molecule has 2 aromatic carbocycles. The molecule has 33 heavy (non-hydrogen) atoms. The Morgan fingerprint density at radius 3 is 2.33 bits per heavy atom. The SMILES string of the molecule is COc1ccc(OC)c(-c2nc(C(=O)N[C@@H](CC(=O)O)c3ccccc3Cl)ccc2OC)c1. The quantitative estimate of drug-likeness (QED) is 0.478. The van der Waals surface area contributed by atoms with Crippen molar-refractivity contribution in [2.75, 3.05) is 21.3 Å². The minimum Gasteiger partial charge on any atom is -0.497 e. The van der Waals surface area contributed by atoms with Gasteiger partial charge in [0, 0.05) is 10.6 Å². The van der Waals surface area contributed by atoms with E-state index in [-0.39, 0.29) is 12.1 Å². The van der Waals surface area contributed by atoms with Crippen LogP contribution in [0, 0.1) is 0 Å². The summed E-state index contributed by atoms with van der Waals surface area (Å²) in [7, 11) is 4.55. The number of rotatable bonds is 9. The van der Waals surface area contributed by atoms with Crippen molar-refractivity contribution in [2.45, 2.75) is 12.5 Å². The number of carbonyl (C=O) groups excluding carboxylic acids is 1. The molecule has 1 heterocycles. The highest BCUT2D eigenvalue weighted by molar-refractivity contribution is 6.31. The van der Waals surface area contributed by atoms with Crippen LogP contribution in [0.4, 0.5) is 0 Å². The Kier molecular flexibility index (Phi) is 7.74. The lowest BCUT2D eigenvalue weighted by molar-refractivity contribution is -0.137. The first kappa shape index (κ1) is 23.9. The molecule has 3 rings (SSSR count). The van der Waals surface area contributed by atoms with E-state index >= 15 is 0 Å². The highest BCUT2D eigenvalue weighted by Crippen LogP contribution is 2.37. The van der Waals surface area contributed by atoms with Crippen LogP contribution in [-0.4, -0.2) is 43.3 Å². The molecule has 2 N–H and O–H groups in total. The normalized spacial score (nSPS) is 11.4. The lowest BCUT2D eigenvalue weighted by Crippen LogP contribution is -2.31. The molecule has 3 aromatic rings. The first-order valence-corrected chi connectivity index (χ1v) is 10.3. The van der Waals surface area contributed by atoms with Crippen LogP contribution in [0.25, 0.3) is 11.3 Å². The van der Waals surface area contributed by atoms with Gasteiger partial charge in [-0.3, -0.25) is 9.59 Å². The average molecular weight is 471 g/mol.